The first kappa shape index (κ1) is 10.9. The smallest absolute Gasteiger partial charge is 0.0847 e. The molecule has 1 rings (SSSR count). The van der Waals surface area contributed by atoms with Gasteiger partial charge in [0.2, 0.25) is 0 Å². The minimum atomic E-state index is 0.671. The summed E-state index contributed by atoms with van der Waals surface area (Å²) < 4.78 is 1.95. The number of alkyl halides is 1. The van der Waals surface area contributed by atoms with Crippen molar-refractivity contribution in [2.24, 2.45) is 0 Å². The first-order chi connectivity index (χ1) is 6.20. The molecule has 4 heteroatoms. The van der Waals surface area contributed by atoms with E-state index in [0.717, 1.165) is 35.8 Å². The van der Waals surface area contributed by atoms with Gasteiger partial charge in [0.25, 0.3) is 0 Å². The number of hydrogen-bond acceptors (Lipinski definition) is 1. The first-order valence-corrected chi connectivity index (χ1v) is 5.39. The van der Waals surface area contributed by atoms with Gasteiger partial charge in [-0.2, -0.15) is 5.10 Å². The van der Waals surface area contributed by atoms with Gasteiger partial charge in [-0.25, -0.2) is 0 Å². The van der Waals surface area contributed by atoms with Gasteiger partial charge >= 0.3 is 0 Å². The van der Waals surface area contributed by atoms with E-state index in [-0.39, 0.29) is 0 Å². The molecule has 0 spiro atoms. The van der Waals surface area contributed by atoms with E-state index in [4.69, 9.17) is 23.2 Å². The van der Waals surface area contributed by atoms with Gasteiger partial charge in [-0.15, -0.1) is 11.6 Å². The van der Waals surface area contributed by atoms with Crippen molar-refractivity contribution in [3.05, 3.63) is 16.4 Å². The maximum atomic E-state index is 6.10. The lowest BCUT2D eigenvalue weighted by atomic mass is 10.2. The number of halogens is 2. The molecule has 1 heterocycles. The molecular formula is C9H14Cl2N2. The Bertz CT molecular complexity index is 281. The summed E-state index contributed by atoms with van der Waals surface area (Å²) in [5.74, 6) is 0.671. The Hall–Kier alpha value is -0.210. The average molecular weight is 221 g/mol. The molecule has 0 aliphatic carbocycles. The van der Waals surface area contributed by atoms with Crippen LogP contribution in [0.4, 0.5) is 0 Å². The molecule has 0 radical (unpaired) electrons. The van der Waals surface area contributed by atoms with Gasteiger partial charge in [0, 0.05) is 12.4 Å². The van der Waals surface area contributed by atoms with Gasteiger partial charge in [-0.05, 0) is 26.7 Å². The standard InChI is InChI=1S/C9H14Cl2N2/c1-3-13-8(5-4-6-10)9(11)7(2)12-13/h3-6H2,1-2H3. The number of hydrogen-bond donors (Lipinski definition) is 0. The van der Waals surface area contributed by atoms with Crippen LogP contribution in [0, 0.1) is 6.92 Å². The van der Waals surface area contributed by atoms with E-state index >= 15 is 0 Å². The summed E-state index contributed by atoms with van der Waals surface area (Å²) in [5.41, 5.74) is 2.02. The minimum Gasteiger partial charge on any atom is -0.268 e. The van der Waals surface area contributed by atoms with E-state index in [1.807, 2.05) is 11.6 Å². The molecule has 1 aromatic rings. The van der Waals surface area contributed by atoms with Crippen LogP contribution in [0.1, 0.15) is 24.7 Å². The highest BCUT2D eigenvalue weighted by molar-refractivity contribution is 6.31. The Morgan fingerprint density at radius 3 is 2.69 bits per heavy atom. The normalized spacial score (nSPS) is 10.8. The lowest BCUT2D eigenvalue weighted by molar-refractivity contribution is 0.612. The lowest BCUT2D eigenvalue weighted by Gasteiger charge is -2.03. The zero-order chi connectivity index (χ0) is 9.84. The van der Waals surface area contributed by atoms with Gasteiger partial charge in [0.05, 0.1) is 16.4 Å². The fourth-order valence-electron chi connectivity index (χ4n) is 1.34. The third kappa shape index (κ3) is 2.38. The second-order valence-corrected chi connectivity index (χ2v) is 3.71. The molecule has 2 nitrogen and oxygen atoms in total. The number of nitrogens with zero attached hydrogens (tertiary/aromatic N) is 2. The topological polar surface area (TPSA) is 17.8 Å². The molecule has 0 unspecified atom stereocenters. The van der Waals surface area contributed by atoms with Crippen LogP contribution in [-0.4, -0.2) is 15.7 Å². The van der Waals surface area contributed by atoms with Crippen LogP contribution in [0.3, 0.4) is 0 Å². The Morgan fingerprint density at radius 1 is 1.46 bits per heavy atom. The summed E-state index contributed by atoms with van der Waals surface area (Å²) in [6.45, 7) is 4.86. The van der Waals surface area contributed by atoms with E-state index in [1.165, 1.54) is 0 Å². The largest absolute Gasteiger partial charge is 0.268 e. The predicted molar refractivity (Wildman–Crippen MR) is 56.7 cm³/mol. The van der Waals surface area contributed by atoms with E-state index in [0.29, 0.717) is 5.88 Å². The molecule has 0 aromatic carbocycles. The van der Waals surface area contributed by atoms with Crippen LogP contribution in [0.15, 0.2) is 0 Å². The predicted octanol–water partition coefficient (Wildman–Crippen LogP) is 3.04. The molecule has 74 valence electrons. The Labute approximate surface area is 88.8 Å². The van der Waals surface area contributed by atoms with Gasteiger partial charge < -0.3 is 0 Å². The van der Waals surface area contributed by atoms with Crippen molar-refractivity contribution < 1.29 is 0 Å². The van der Waals surface area contributed by atoms with Gasteiger partial charge in [0.1, 0.15) is 0 Å². The molecule has 0 amide bonds. The zero-order valence-electron chi connectivity index (χ0n) is 7.98. The quantitative estimate of drug-likeness (QED) is 0.714. The molecule has 0 N–H and O–H groups in total. The summed E-state index contributed by atoms with van der Waals surface area (Å²) in [7, 11) is 0. The summed E-state index contributed by atoms with van der Waals surface area (Å²) in [6.07, 6.45) is 1.86. The van der Waals surface area contributed by atoms with Crippen LogP contribution >= 0.6 is 23.2 Å². The van der Waals surface area contributed by atoms with Crippen LogP contribution in [0.25, 0.3) is 0 Å². The van der Waals surface area contributed by atoms with E-state index in [2.05, 4.69) is 12.0 Å². The minimum absolute atomic E-state index is 0.671. The zero-order valence-corrected chi connectivity index (χ0v) is 9.49. The summed E-state index contributed by atoms with van der Waals surface area (Å²) >= 11 is 11.7. The second-order valence-electron chi connectivity index (χ2n) is 2.95. The van der Waals surface area contributed by atoms with Crippen LogP contribution in [0.2, 0.25) is 5.02 Å². The molecule has 0 aliphatic heterocycles. The maximum Gasteiger partial charge on any atom is 0.0847 e. The number of rotatable bonds is 4. The molecule has 1 aromatic heterocycles. The van der Waals surface area contributed by atoms with E-state index in [9.17, 15) is 0 Å². The highest BCUT2D eigenvalue weighted by atomic mass is 35.5. The first-order valence-electron chi connectivity index (χ1n) is 4.48. The van der Waals surface area contributed by atoms with Crippen molar-refractivity contribution in [2.45, 2.75) is 33.2 Å². The van der Waals surface area contributed by atoms with Crippen molar-refractivity contribution in [1.29, 1.82) is 0 Å². The summed E-state index contributed by atoms with van der Waals surface area (Å²) in [4.78, 5) is 0. The van der Waals surface area contributed by atoms with Crippen LogP contribution in [-0.2, 0) is 13.0 Å². The molecule has 0 saturated carbocycles. The molecule has 0 atom stereocenters. The van der Waals surface area contributed by atoms with Crippen molar-refractivity contribution in [2.75, 3.05) is 5.88 Å². The Balaban J connectivity index is 2.88. The third-order valence-electron chi connectivity index (χ3n) is 2.00. The maximum absolute atomic E-state index is 6.10. The lowest BCUT2D eigenvalue weighted by Crippen LogP contribution is -2.03. The Kier molecular flexibility index (Phi) is 4.07. The fraction of sp³-hybridized carbons (Fsp3) is 0.667. The van der Waals surface area contributed by atoms with E-state index < -0.39 is 0 Å². The van der Waals surface area contributed by atoms with Gasteiger partial charge in [-0.1, -0.05) is 11.6 Å². The molecular weight excluding hydrogens is 207 g/mol. The molecule has 0 bridgehead atoms. The van der Waals surface area contributed by atoms with Crippen molar-refractivity contribution in [3.8, 4) is 0 Å². The van der Waals surface area contributed by atoms with E-state index in [1.54, 1.807) is 0 Å². The van der Waals surface area contributed by atoms with Gasteiger partial charge in [0.15, 0.2) is 0 Å². The van der Waals surface area contributed by atoms with Crippen LogP contribution in [0.5, 0.6) is 0 Å². The van der Waals surface area contributed by atoms with Crippen molar-refractivity contribution in [3.63, 3.8) is 0 Å². The summed E-state index contributed by atoms with van der Waals surface area (Å²) in [6, 6.07) is 0. The molecule has 0 aliphatic rings. The fourth-order valence-corrected chi connectivity index (χ4v) is 1.71. The third-order valence-corrected chi connectivity index (χ3v) is 2.76. The highest BCUT2D eigenvalue weighted by Gasteiger charge is 2.11. The molecule has 0 saturated heterocycles. The highest BCUT2D eigenvalue weighted by Crippen LogP contribution is 2.21. The SMILES string of the molecule is CCn1nc(C)c(Cl)c1CCCCl. The Morgan fingerprint density at radius 2 is 2.15 bits per heavy atom. The van der Waals surface area contributed by atoms with Crippen molar-refractivity contribution in [1.82, 2.24) is 9.78 Å². The summed E-state index contributed by atoms with van der Waals surface area (Å²) in [5, 5.41) is 5.12. The second kappa shape index (κ2) is 4.87. The van der Waals surface area contributed by atoms with Gasteiger partial charge in [-0.3, -0.25) is 4.68 Å². The van der Waals surface area contributed by atoms with Crippen molar-refractivity contribution >= 4 is 23.2 Å². The average Bonchev–Trinajstić information content (AvgIpc) is 2.40. The molecule has 13 heavy (non-hydrogen) atoms. The monoisotopic (exact) mass is 220 g/mol. The number of aryl methyl sites for hydroxylation is 2. The molecule has 0 fully saturated rings. The number of aromatic nitrogens is 2. The van der Waals surface area contributed by atoms with Crippen LogP contribution < -0.4 is 0 Å².